The van der Waals surface area contributed by atoms with E-state index in [9.17, 15) is 14.7 Å². The molecule has 238 valence electrons. The van der Waals surface area contributed by atoms with Crippen LogP contribution in [0.2, 0.25) is 23.7 Å². The summed E-state index contributed by atoms with van der Waals surface area (Å²) in [5, 5.41) is 11.9. The van der Waals surface area contributed by atoms with Crippen molar-refractivity contribution in [3.63, 3.8) is 0 Å². The molecule has 46 heavy (non-hydrogen) atoms. The second-order valence-corrected chi connectivity index (χ2v) is 17.8. The summed E-state index contributed by atoms with van der Waals surface area (Å²) < 4.78 is 12.4. The van der Waals surface area contributed by atoms with Crippen LogP contribution < -0.4 is 19.7 Å². The molecule has 2 aliphatic rings. The number of halogens is 1. The van der Waals surface area contributed by atoms with Gasteiger partial charge in [0, 0.05) is 34.5 Å². The summed E-state index contributed by atoms with van der Waals surface area (Å²) in [5.74, 6) is 0.492. The van der Waals surface area contributed by atoms with Gasteiger partial charge in [0.2, 0.25) is 6.41 Å². The Morgan fingerprint density at radius 2 is 1.67 bits per heavy atom. The number of hydrogen-bond acceptors (Lipinski definition) is 5. The van der Waals surface area contributed by atoms with Crippen molar-refractivity contribution in [2.24, 2.45) is 5.92 Å². The van der Waals surface area contributed by atoms with E-state index in [-0.39, 0.29) is 30.1 Å². The lowest BCUT2D eigenvalue weighted by Crippen LogP contribution is -2.51. The Morgan fingerprint density at radius 3 is 2.30 bits per heavy atom. The van der Waals surface area contributed by atoms with Crippen molar-refractivity contribution in [1.82, 2.24) is 0 Å². The van der Waals surface area contributed by atoms with Gasteiger partial charge in [-0.15, -0.1) is 0 Å². The molecule has 0 radical (unpaired) electrons. The Labute approximate surface area is 276 Å². The van der Waals surface area contributed by atoms with Gasteiger partial charge in [0.15, 0.2) is 5.60 Å². The van der Waals surface area contributed by atoms with E-state index in [0.29, 0.717) is 18.0 Å². The highest BCUT2D eigenvalue weighted by molar-refractivity contribution is 6.91. The van der Waals surface area contributed by atoms with Crippen LogP contribution in [0.5, 0.6) is 5.75 Å². The lowest BCUT2D eigenvalue weighted by Gasteiger charge is -2.37. The smallest absolute Gasteiger partial charge is 0.264 e. The van der Waals surface area contributed by atoms with Gasteiger partial charge in [-0.05, 0) is 72.1 Å². The summed E-state index contributed by atoms with van der Waals surface area (Å²) in [6, 6.07) is 30.9. The number of carbonyl (C=O) groups is 2. The molecule has 4 aromatic carbocycles. The Bertz CT molecular complexity index is 1720. The van der Waals surface area contributed by atoms with Gasteiger partial charge in [-0.1, -0.05) is 79.3 Å². The number of fused-ring (bicyclic) bond motifs is 2. The van der Waals surface area contributed by atoms with Crippen LogP contribution in [-0.4, -0.2) is 45.3 Å². The van der Waals surface area contributed by atoms with E-state index in [1.807, 2.05) is 84.9 Å². The fourth-order valence-electron chi connectivity index (χ4n) is 7.64. The van der Waals surface area contributed by atoms with Gasteiger partial charge in [-0.25, -0.2) is 0 Å². The second kappa shape index (κ2) is 12.7. The lowest BCUT2D eigenvalue weighted by atomic mass is 9.82. The molecule has 2 amide bonds. The predicted molar refractivity (Wildman–Crippen MR) is 185 cm³/mol. The average molecular weight is 655 g/mol. The Hall–Kier alpha value is -3.95. The fraction of sp³-hybridized carbons (Fsp3) is 0.297. The van der Waals surface area contributed by atoms with Crippen LogP contribution in [-0.2, 0) is 26.5 Å². The lowest BCUT2D eigenvalue weighted by molar-refractivity contribution is -0.146. The molecule has 1 fully saturated rings. The first-order chi connectivity index (χ1) is 22.1. The van der Waals surface area contributed by atoms with E-state index in [4.69, 9.17) is 21.1 Å². The van der Waals surface area contributed by atoms with Crippen molar-refractivity contribution < 1.29 is 24.2 Å². The predicted octanol–water partition coefficient (Wildman–Crippen LogP) is 6.79. The molecule has 0 aliphatic carbocycles. The van der Waals surface area contributed by atoms with E-state index >= 15 is 0 Å². The van der Waals surface area contributed by atoms with E-state index < -0.39 is 13.7 Å². The number of nitrogens with zero attached hydrogens (tertiary/aromatic N) is 2. The summed E-state index contributed by atoms with van der Waals surface area (Å²) in [6.07, 6.45) is 0.918. The molecular weight excluding hydrogens is 616 g/mol. The summed E-state index contributed by atoms with van der Waals surface area (Å²) >= 11 is 6.59. The standard InChI is InChI=1S/C37H39ClN2O5Si/c1-25-35(46(3,4)31-17-15-30(44-2)16-18-31)34(20-21-41)45-37(25)32-22-27(38)12-19-33(32)39(36(37)43)23-26-10-13-29(14-11-26)40(24-42)28-8-6-5-7-9-28/h5-19,22,24-25,34-35,41H,20-21,23H2,1-4H3/t25-,34+,35-,37+/m1/s1. The van der Waals surface area contributed by atoms with E-state index in [0.717, 1.165) is 40.3 Å². The first-order valence-electron chi connectivity index (χ1n) is 15.6. The van der Waals surface area contributed by atoms with Crippen LogP contribution in [0.3, 0.4) is 0 Å². The van der Waals surface area contributed by atoms with Crippen LogP contribution in [0.25, 0.3) is 0 Å². The Kier molecular flexibility index (Phi) is 8.82. The van der Waals surface area contributed by atoms with Crippen molar-refractivity contribution in [3.8, 4) is 5.75 Å². The first kappa shape index (κ1) is 32.0. The molecule has 1 spiro atoms. The summed E-state index contributed by atoms with van der Waals surface area (Å²) in [5.41, 5.74) is 2.77. The molecule has 7 nitrogen and oxygen atoms in total. The van der Waals surface area contributed by atoms with E-state index in [1.54, 1.807) is 16.9 Å². The maximum absolute atomic E-state index is 14.8. The third kappa shape index (κ3) is 5.33. The third-order valence-electron chi connectivity index (χ3n) is 9.91. The van der Waals surface area contributed by atoms with Crippen LogP contribution in [0, 0.1) is 5.92 Å². The van der Waals surface area contributed by atoms with Gasteiger partial charge in [0.05, 0.1) is 33.5 Å². The number of carbonyl (C=O) groups excluding carboxylic acids is 2. The minimum absolute atomic E-state index is 0.0372. The van der Waals surface area contributed by atoms with Crippen LogP contribution >= 0.6 is 11.6 Å². The third-order valence-corrected chi connectivity index (χ3v) is 14.5. The molecule has 6 rings (SSSR count). The van der Waals surface area contributed by atoms with Crippen molar-refractivity contribution in [2.45, 2.75) is 50.2 Å². The van der Waals surface area contributed by atoms with Gasteiger partial charge >= 0.3 is 0 Å². The molecule has 1 saturated heterocycles. The van der Waals surface area contributed by atoms with Gasteiger partial charge in [0.1, 0.15) is 5.75 Å². The number of benzene rings is 4. The topological polar surface area (TPSA) is 79.3 Å². The molecule has 0 unspecified atom stereocenters. The number of methoxy groups -OCH3 is 1. The largest absolute Gasteiger partial charge is 0.497 e. The Morgan fingerprint density at radius 1 is 1.00 bits per heavy atom. The number of ether oxygens (including phenoxy) is 2. The summed E-state index contributed by atoms with van der Waals surface area (Å²) in [4.78, 5) is 30.2. The molecule has 0 aromatic heterocycles. The maximum atomic E-state index is 14.8. The molecule has 2 heterocycles. The molecule has 9 heteroatoms. The van der Waals surface area contributed by atoms with Crippen molar-refractivity contribution in [1.29, 1.82) is 0 Å². The number of hydrogen-bond donors (Lipinski definition) is 1. The zero-order valence-electron chi connectivity index (χ0n) is 26.5. The molecule has 1 N–H and O–H groups in total. The van der Waals surface area contributed by atoms with Gasteiger partial charge in [-0.2, -0.15) is 0 Å². The highest BCUT2D eigenvalue weighted by atomic mass is 35.5. The molecular formula is C37H39ClN2O5Si. The molecule has 0 bridgehead atoms. The summed E-state index contributed by atoms with van der Waals surface area (Å²) in [6.45, 7) is 7.05. The zero-order chi connectivity index (χ0) is 32.6. The van der Waals surface area contributed by atoms with Gasteiger partial charge in [0.25, 0.3) is 5.91 Å². The molecule has 4 aromatic rings. The number of rotatable bonds is 10. The SMILES string of the molecule is COc1ccc([Si](C)(C)[C@H]2[C@H](CCO)O[C@@]3(C(=O)N(Cc4ccc(N(C=O)c5ccccc5)cc4)c4ccc(Cl)cc43)[C@@H]2C)cc1. The van der Waals surface area contributed by atoms with Crippen LogP contribution in [0.15, 0.2) is 97.1 Å². The fourth-order valence-corrected chi connectivity index (χ4v) is 11.9. The number of aliphatic hydroxyl groups is 1. The average Bonchev–Trinajstić information content (AvgIpc) is 3.49. The Balaban J connectivity index is 1.35. The number of amides is 2. The van der Waals surface area contributed by atoms with Crippen molar-refractivity contribution >= 4 is 54.2 Å². The first-order valence-corrected chi connectivity index (χ1v) is 19.0. The van der Waals surface area contributed by atoms with Gasteiger partial charge in [-0.3, -0.25) is 14.5 Å². The minimum atomic E-state index is -2.28. The minimum Gasteiger partial charge on any atom is -0.497 e. The molecule has 0 saturated carbocycles. The zero-order valence-corrected chi connectivity index (χ0v) is 28.3. The second-order valence-electron chi connectivity index (χ2n) is 12.7. The van der Waals surface area contributed by atoms with E-state index in [2.05, 4.69) is 32.2 Å². The van der Waals surface area contributed by atoms with Crippen LogP contribution in [0.4, 0.5) is 17.1 Å². The summed E-state index contributed by atoms with van der Waals surface area (Å²) in [7, 11) is -0.620. The number of anilines is 3. The normalized spacial score (nSPS) is 22.3. The quantitative estimate of drug-likeness (QED) is 0.151. The number of para-hydroxylation sites is 1. The maximum Gasteiger partial charge on any atom is 0.264 e. The van der Waals surface area contributed by atoms with Crippen LogP contribution in [0.1, 0.15) is 24.5 Å². The highest BCUT2D eigenvalue weighted by Gasteiger charge is 2.66. The molecule has 2 aliphatic heterocycles. The highest BCUT2D eigenvalue weighted by Crippen LogP contribution is 2.60. The number of aliphatic hydroxyl groups excluding tert-OH is 1. The van der Waals surface area contributed by atoms with Gasteiger partial charge < -0.3 is 19.5 Å². The van der Waals surface area contributed by atoms with E-state index in [1.165, 1.54) is 5.19 Å². The van der Waals surface area contributed by atoms with Crippen molar-refractivity contribution in [3.05, 3.63) is 113 Å². The monoisotopic (exact) mass is 654 g/mol. The molecule has 4 atom stereocenters. The van der Waals surface area contributed by atoms with Crippen molar-refractivity contribution in [2.75, 3.05) is 23.5 Å².